The van der Waals surface area contributed by atoms with Crippen LogP contribution in [0, 0.1) is 0 Å². The van der Waals surface area contributed by atoms with Gasteiger partial charge in [-0.3, -0.25) is 9.59 Å². The number of aromatic nitrogens is 4. The number of imidazole rings is 1. The molecule has 3 heterocycles. The van der Waals surface area contributed by atoms with E-state index in [4.69, 9.17) is 4.52 Å². The fourth-order valence-corrected chi connectivity index (χ4v) is 3.87. The van der Waals surface area contributed by atoms with Gasteiger partial charge in [-0.05, 0) is 24.5 Å². The smallest absolute Gasteiger partial charge is 0.364 e. The second-order valence-corrected chi connectivity index (χ2v) is 8.07. The van der Waals surface area contributed by atoms with Gasteiger partial charge in [0.1, 0.15) is 11.8 Å². The highest BCUT2D eigenvalue weighted by Gasteiger charge is 2.28. The van der Waals surface area contributed by atoms with Gasteiger partial charge in [-0.25, -0.2) is 9.50 Å². The topological polar surface area (TPSA) is 114 Å². The maximum absolute atomic E-state index is 12.6. The van der Waals surface area contributed by atoms with Gasteiger partial charge in [-0.2, -0.15) is 18.3 Å². The van der Waals surface area contributed by atoms with E-state index >= 15 is 0 Å². The first-order valence-corrected chi connectivity index (χ1v) is 10.7. The lowest BCUT2D eigenvalue weighted by molar-refractivity contribution is -0.144. The fourth-order valence-electron chi connectivity index (χ4n) is 3.87. The van der Waals surface area contributed by atoms with E-state index in [2.05, 4.69) is 25.9 Å². The van der Waals surface area contributed by atoms with Crippen LogP contribution in [0.1, 0.15) is 71.8 Å². The van der Waals surface area contributed by atoms with Gasteiger partial charge >= 0.3 is 6.18 Å². The van der Waals surface area contributed by atoms with Crippen molar-refractivity contribution in [3.63, 3.8) is 0 Å². The summed E-state index contributed by atoms with van der Waals surface area (Å²) in [4.78, 5) is 28.6. The van der Waals surface area contributed by atoms with Crippen LogP contribution in [0.15, 0.2) is 29.2 Å². The average molecular weight is 464 g/mol. The van der Waals surface area contributed by atoms with Crippen molar-refractivity contribution in [2.45, 2.75) is 63.7 Å². The van der Waals surface area contributed by atoms with E-state index in [0.717, 1.165) is 25.7 Å². The zero-order valence-corrected chi connectivity index (χ0v) is 17.7. The van der Waals surface area contributed by atoms with Crippen LogP contribution in [0.4, 0.5) is 13.2 Å². The number of fused-ring (bicyclic) bond motifs is 1. The van der Waals surface area contributed by atoms with Crippen molar-refractivity contribution >= 4 is 17.5 Å². The number of carbonyl (C=O) groups excluding carboxylic acids is 2. The molecule has 1 saturated carbocycles. The molecule has 9 nitrogen and oxygen atoms in total. The predicted octanol–water partition coefficient (Wildman–Crippen LogP) is 3.26. The zero-order chi connectivity index (χ0) is 23.4. The van der Waals surface area contributed by atoms with Crippen molar-refractivity contribution < 1.29 is 27.3 Å². The third kappa shape index (κ3) is 5.88. The second-order valence-electron chi connectivity index (χ2n) is 8.07. The Hall–Kier alpha value is -3.44. The first kappa shape index (κ1) is 22.7. The second kappa shape index (κ2) is 9.59. The summed E-state index contributed by atoms with van der Waals surface area (Å²) in [7, 11) is 0. The van der Waals surface area contributed by atoms with Gasteiger partial charge in [0.15, 0.2) is 5.65 Å². The lowest BCUT2D eigenvalue weighted by Crippen LogP contribution is -2.24. The Labute approximate surface area is 186 Å². The predicted molar refractivity (Wildman–Crippen MR) is 109 cm³/mol. The summed E-state index contributed by atoms with van der Waals surface area (Å²) in [5.41, 5.74) is 2.78. The van der Waals surface area contributed by atoms with Crippen molar-refractivity contribution in [3.8, 4) is 0 Å². The van der Waals surface area contributed by atoms with Crippen LogP contribution in [0.2, 0.25) is 0 Å². The molecular weight excluding hydrogens is 441 g/mol. The van der Waals surface area contributed by atoms with E-state index in [1.165, 1.54) is 17.0 Å². The summed E-state index contributed by atoms with van der Waals surface area (Å²) >= 11 is 0. The number of nitrogens with one attached hydrogen (secondary N) is 2. The van der Waals surface area contributed by atoms with E-state index in [9.17, 15) is 22.8 Å². The minimum Gasteiger partial charge on any atom is -0.364 e. The molecule has 33 heavy (non-hydrogen) atoms. The average Bonchev–Trinajstić information content (AvgIpc) is 3.53. The molecule has 2 N–H and O–H groups in total. The molecule has 0 aliphatic heterocycles. The lowest BCUT2D eigenvalue weighted by Gasteiger charge is -2.07. The summed E-state index contributed by atoms with van der Waals surface area (Å²) in [6.07, 6.45) is 2.59. The highest BCUT2D eigenvalue weighted by Crippen LogP contribution is 2.34. The Morgan fingerprint density at radius 1 is 1.18 bits per heavy atom. The van der Waals surface area contributed by atoms with Crippen molar-refractivity contribution in [1.29, 1.82) is 0 Å². The first-order chi connectivity index (χ1) is 15.8. The van der Waals surface area contributed by atoms with Crippen LogP contribution in [-0.4, -0.2) is 37.7 Å². The number of rotatable bonds is 8. The number of hydrogen-bond acceptors (Lipinski definition) is 6. The number of alkyl halides is 3. The SMILES string of the molecule is O=C(CCC(F)(F)F)NCc1cnn2cc(CNC(=O)c3conc3C3CCCC3)nc2c1. The maximum Gasteiger partial charge on any atom is 0.389 e. The normalized spacial score (nSPS) is 14.6. The van der Waals surface area contributed by atoms with Gasteiger partial charge < -0.3 is 15.2 Å². The van der Waals surface area contributed by atoms with Crippen molar-refractivity contribution in [1.82, 2.24) is 30.4 Å². The summed E-state index contributed by atoms with van der Waals surface area (Å²) in [6, 6.07) is 1.67. The molecule has 4 rings (SSSR count). The Morgan fingerprint density at radius 2 is 1.97 bits per heavy atom. The van der Waals surface area contributed by atoms with Gasteiger partial charge in [0.2, 0.25) is 5.91 Å². The largest absolute Gasteiger partial charge is 0.389 e. The molecule has 3 aromatic heterocycles. The highest BCUT2D eigenvalue weighted by molar-refractivity contribution is 5.95. The molecule has 0 aromatic carbocycles. The summed E-state index contributed by atoms with van der Waals surface area (Å²) in [5.74, 6) is -0.730. The molecule has 1 aliphatic carbocycles. The Bertz CT molecular complexity index is 1130. The Kier molecular flexibility index (Phi) is 6.61. The maximum atomic E-state index is 12.6. The van der Waals surface area contributed by atoms with Crippen LogP contribution in [0.5, 0.6) is 0 Å². The molecular formula is C21H23F3N6O3. The zero-order valence-electron chi connectivity index (χ0n) is 17.7. The molecule has 0 spiro atoms. The van der Waals surface area contributed by atoms with Gasteiger partial charge in [-0.1, -0.05) is 18.0 Å². The molecule has 3 aromatic rings. The van der Waals surface area contributed by atoms with Crippen LogP contribution < -0.4 is 10.6 Å². The number of nitrogens with zero attached hydrogens (tertiary/aromatic N) is 4. The summed E-state index contributed by atoms with van der Waals surface area (Å²) < 4.78 is 43.2. The monoisotopic (exact) mass is 464 g/mol. The molecule has 12 heteroatoms. The first-order valence-electron chi connectivity index (χ1n) is 10.7. The quantitative estimate of drug-likeness (QED) is 0.529. The molecule has 2 amide bonds. The number of carbonyl (C=O) groups is 2. The molecule has 176 valence electrons. The highest BCUT2D eigenvalue weighted by atomic mass is 19.4. The Morgan fingerprint density at radius 3 is 2.73 bits per heavy atom. The number of halogens is 3. The standard InChI is InChI=1S/C21H23F3N6O3/c22-21(23,24)6-5-18(31)25-8-13-7-17-28-15(11-30(17)27-9-13)10-26-20(32)16-12-33-29-19(16)14-3-1-2-4-14/h7,9,11-12,14H,1-6,8,10H2,(H,25,31)(H,26,32). The van der Waals surface area contributed by atoms with E-state index in [-0.39, 0.29) is 24.9 Å². The van der Waals surface area contributed by atoms with Gasteiger partial charge in [-0.15, -0.1) is 0 Å². The van der Waals surface area contributed by atoms with Crippen molar-refractivity contribution in [3.05, 3.63) is 47.2 Å². The van der Waals surface area contributed by atoms with Crippen LogP contribution in [0.25, 0.3) is 5.65 Å². The van der Waals surface area contributed by atoms with E-state index < -0.39 is 24.9 Å². The molecule has 1 fully saturated rings. The molecule has 0 atom stereocenters. The minimum atomic E-state index is -4.37. The molecule has 0 unspecified atom stereocenters. The molecule has 0 bridgehead atoms. The summed E-state index contributed by atoms with van der Waals surface area (Å²) in [5, 5.41) is 13.5. The number of hydrogen-bond donors (Lipinski definition) is 2. The number of amides is 2. The minimum absolute atomic E-state index is 0.0382. The van der Waals surface area contributed by atoms with E-state index in [1.807, 2.05) is 0 Å². The summed E-state index contributed by atoms with van der Waals surface area (Å²) in [6.45, 7) is 0.206. The third-order valence-electron chi connectivity index (χ3n) is 5.57. The molecule has 0 radical (unpaired) electrons. The van der Waals surface area contributed by atoms with Crippen LogP contribution in [0.3, 0.4) is 0 Å². The van der Waals surface area contributed by atoms with Crippen molar-refractivity contribution in [2.24, 2.45) is 0 Å². The van der Waals surface area contributed by atoms with Crippen LogP contribution >= 0.6 is 0 Å². The Balaban J connectivity index is 1.33. The fraction of sp³-hybridized carbons (Fsp3) is 0.476. The van der Waals surface area contributed by atoms with Crippen LogP contribution in [-0.2, 0) is 17.9 Å². The van der Waals surface area contributed by atoms with Gasteiger partial charge in [0.25, 0.3) is 5.91 Å². The van der Waals surface area contributed by atoms with E-state index in [0.29, 0.717) is 28.2 Å². The molecule has 1 aliphatic rings. The lowest BCUT2D eigenvalue weighted by atomic mass is 10.0. The third-order valence-corrected chi connectivity index (χ3v) is 5.57. The van der Waals surface area contributed by atoms with Gasteiger partial charge in [0, 0.05) is 18.9 Å². The van der Waals surface area contributed by atoms with Gasteiger partial charge in [0.05, 0.1) is 36.7 Å². The molecule has 0 saturated heterocycles. The van der Waals surface area contributed by atoms with E-state index in [1.54, 1.807) is 12.3 Å². The van der Waals surface area contributed by atoms with Crippen molar-refractivity contribution in [2.75, 3.05) is 0 Å².